The van der Waals surface area contributed by atoms with E-state index in [0.29, 0.717) is 5.54 Å². The highest BCUT2D eigenvalue weighted by molar-refractivity contribution is 6.77. The molecule has 78 valence electrons. The van der Waals surface area contributed by atoms with Gasteiger partial charge in [-0.15, -0.1) is 0 Å². The first-order valence-electron chi connectivity index (χ1n) is 5.61. The third kappa shape index (κ3) is 2.81. The molecule has 0 aromatic carbocycles. The highest BCUT2D eigenvalue weighted by atomic mass is 28.3. The maximum absolute atomic E-state index is 9.84. The van der Waals surface area contributed by atoms with Crippen LogP contribution in [0.15, 0.2) is 0 Å². The Morgan fingerprint density at radius 1 is 1.15 bits per heavy atom. The molecule has 0 radical (unpaired) electrons. The molecule has 0 aliphatic heterocycles. The molecule has 1 rings (SSSR count). The average Bonchev–Trinajstić information content (AvgIpc) is 2.34. The van der Waals surface area contributed by atoms with Gasteiger partial charge in [0.25, 0.3) is 0 Å². The molecular weight excluding hydrogens is 176 g/mol. The molecule has 0 amide bonds. The first kappa shape index (κ1) is 11.3. The molecule has 1 aliphatic rings. The average molecular weight is 200 g/mol. The van der Waals surface area contributed by atoms with Crippen LogP contribution in [0.5, 0.6) is 0 Å². The van der Waals surface area contributed by atoms with Gasteiger partial charge in [0.1, 0.15) is 0 Å². The Kier molecular flexibility index (Phi) is 3.58. The predicted octanol–water partition coefficient (Wildman–Crippen LogP) is 3.27. The third-order valence-corrected chi connectivity index (χ3v) is 6.38. The Bertz CT molecular complexity index is 154. The molecule has 0 bridgehead atoms. The fourth-order valence-corrected chi connectivity index (χ4v) is 6.34. The van der Waals surface area contributed by atoms with Crippen molar-refractivity contribution >= 4 is 8.07 Å². The summed E-state index contributed by atoms with van der Waals surface area (Å²) in [5, 5.41) is 9.84. The summed E-state index contributed by atoms with van der Waals surface area (Å²) in [5.41, 5.74) is 0.620. The molecule has 2 atom stereocenters. The van der Waals surface area contributed by atoms with Crippen LogP contribution in [-0.4, -0.2) is 19.3 Å². The topological polar surface area (TPSA) is 20.2 Å². The van der Waals surface area contributed by atoms with E-state index in [0.717, 1.165) is 5.92 Å². The minimum Gasteiger partial charge on any atom is -0.393 e. The molecule has 1 saturated carbocycles. The molecule has 0 aromatic heterocycles. The lowest BCUT2D eigenvalue weighted by molar-refractivity contribution is 0.158. The smallest absolute Gasteiger partial charge is 0.0519 e. The summed E-state index contributed by atoms with van der Waals surface area (Å²) < 4.78 is 0. The van der Waals surface area contributed by atoms with E-state index in [9.17, 15) is 5.11 Å². The Balaban J connectivity index is 2.67. The van der Waals surface area contributed by atoms with Gasteiger partial charge in [0.05, 0.1) is 14.2 Å². The second-order valence-corrected chi connectivity index (χ2v) is 11.1. The molecule has 2 unspecified atom stereocenters. The van der Waals surface area contributed by atoms with Gasteiger partial charge in [-0.05, 0) is 18.4 Å². The minimum atomic E-state index is -1.16. The largest absolute Gasteiger partial charge is 0.393 e. The van der Waals surface area contributed by atoms with Gasteiger partial charge < -0.3 is 5.11 Å². The zero-order valence-electron chi connectivity index (χ0n) is 9.51. The van der Waals surface area contributed by atoms with E-state index in [1.807, 2.05) is 6.92 Å². The van der Waals surface area contributed by atoms with Crippen LogP contribution in [0.3, 0.4) is 0 Å². The summed E-state index contributed by atoms with van der Waals surface area (Å²) in [5.74, 6) is 0.826. The highest BCUT2D eigenvalue weighted by Gasteiger charge is 2.37. The quantitative estimate of drug-likeness (QED) is 0.693. The lowest BCUT2D eigenvalue weighted by Crippen LogP contribution is -2.39. The normalized spacial score (nSPS) is 24.7. The highest BCUT2D eigenvalue weighted by Crippen LogP contribution is 2.42. The van der Waals surface area contributed by atoms with Crippen molar-refractivity contribution in [2.45, 2.75) is 63.9 Å². The van der Waals surface area contributed by atoms with Gasteiger partial charge in [-0.1, -0.05) is 45.3 Å². The molecule has 0 spiro atoms. The summed E-state index contributed by atoms with van der Waals surface area (Å²) in [7, 11) is -1.16. The molecule has 0 saturated heterocycles. The van der Waals surface area contributed by atoms with E-state index < -0.39 is 8.07 Å². The Morgan fingerprint density at radius 3 is 1.92 bits per heavy atom. The maximum atomic E-state index is 9.84. The SMILES string of the molecule is CC(O)C(C1CCCC1)[Si](C)(C)C. The van der Waals surface area contributed by atoms with Crippen LogP contribution in [0, 0.1) is 5.92 Å². The van der Waals surface area contributed by atoms with E-state index >= 15 is 0 Å². The van der Waals surface area contributed by atoms with Gasteiger partial charge in [-0.2, -0.15) is 0 Å². The van der Waals surface area contributed by atoms with Crippen LogP contribution in [0.1, 0.15) is 32.6 Å². The van der Waals surface area contributed by atoms with Crippen LogP contribution < -0.4 is 0 Å². The van der Waals surface area contributed by atoms with Crippen molar-refractivity contribution in [3.05, 3.63) is 0 Å². The first-order chi connectivity index (χ1) is 5.93. The Labute approximate surface area is 83.6 Å². The molecule has 13 heavy (non-hydrogen) atoms. The zero-order chi connectivity index (χ0) is 10.1. The monoisotopic (exact) mass is 200 g/mol. The second-order valence-electron chi connectivity index (χ2n) is 5.68. The summed E-state index contributed by atoms with van der Waals surface area (Å²) in [4.78, 5) is 0. The van der Waals surface area contributed by atoms with Crippen molar-refractivity contribution in [2.24, 2.45) is 5.92 Å². The van der Waals surface area contributed by atoms with E-state index in [4.69, 9.17) is 0 Å². The molecule has 1 N–H and O–H groups in total. The van der Waals surface area contributed by atoms with Crippen LogP contribution in [0.25, 0.3) is 0 Å². The van der Waals surface area contributed by atoms with E-state index in [1.54, 1.807) is 0 Å². The fourth-order valence-electron chi connectivity index (χ4n) is 3.14. The lowest BCUT2D eigenvalue weighted by atomic mass is 10.00. The number of hydrogen-bond acceptors (Lipinski definition) is 1. The first-order valence-corrected chi connectivity index (χ1v) is 9.18. The molecule has 1 nitrogen and oxygen atoms in total. The molecule has 0 aromatic rings. The Hall–Kier alpha value is 0.177. The lowest BCUT2D eigenvalue weighted by Gasteiger charge is -2.36. The molecule has 1 aliphatic carbocycles. The molecule has 2 heteroatoms. The van der Waals surface area contributed by atoms with Gasteiger partial charge in [-0.3, -0.25) is 0 Å². The zero-order valence-corrected chi connectivity index (χ0v) is 10.5. The maximum Gasteiger partial charge on any atom is 0.0519 e. The number of rotatable bonds is 3. The van der Waals surface area contributed by atoms with Gasteiger partial charge in [0.2, 0.25) is 0 Å². The van der Waals surface area contributed by atoms with E-state index in [-0.39, 0.29) is 6.10 Å². The molecular formula is C11H24OSi. The van der Waals surface area contributed by atoms with Gasteiger partial charge >= 0.3 is 0 Å². The van der Waals surface area contributed by atoms with Crippen LogP contribution in [0.2, 0.25) is 25.2 Å². The second kappa shape index (κ2) is 4.14. The molecule has 0 heterocycles. The standard InChI is InChI=1S/C11H24OSi/c1-9(12)11(13(2,3)4)10-7-5-6-8-10/h9-12H,5-8H2,1-4H3. The molecule has 1 fully saturated rings. The predicted molar refractivity (Wildman–Crippen MR) is 60.7 cm³/mol. The van der Waals surface area contributed by atoms with Crippen LogP contribution >= 0.6 is 0 Å². The summed E-state index contributed by atoms with van der Waals surface area (Å²) in [6.45, 7) is 9.16. The van der Waals surface area contributed by atoms with Crippen LogP contribution in [0.4, 0.5) is 0 Å². The van der Waals surface area contributed by atoms with Gasteiger partial charge in [0.15, 0.2) is 0 Å². The van der Waals surface area contributed by atoms with Crippen molar-refractivity contribution in [3.63, 3.8) is 0 Å². The number of aliphatic hydroxyl groups is 1. The van der Waals surface area contributed by atoms with Crippen molar-refractivity contribution in [3.8, 4) is 0 Å². The van der Waals surface area contributed by atoms with Gasteiger partial charge in [-0.25, -0.2) is 0 Å². The summed E-state index contributed by atoms with van der Waals surface area (Å²) in [6.07, 6.45) is 5.41. The Morgan fingerprint density at radius 2 is 1.62 bits per heavy atom. The minimum absolute atomic E-state index is 0.0882. The number of hydrogen-bond donors (Lipinski definition) is 1. The van der Waals surface area contributed by atoms with Crippen molar-refractivity contribution in [1.82, 2.24) is 0 Å². The fraction of sp³-hybridized carbons (Fsp3) is 1.00. The van der Waals surface area contributed by atoms with Crippen molar-refractivity contribution < 1.29 is 5.11 Å². The van der Waals surface area contributed by atoms with E-state index in [2.05, 4.69) is 19.6 Å². The summed E-state index contributed by atoms with van der Waals surface area (Å²) >= 11 is 0. The van der Waals surface area contributed by atoms with Crippen molar-refractivity contribution in [1.29, 1.82) is 0 Å². The van der Waals surface area contributed by atoms with Crippen molar-refractivity contribution in [2.75, 3.05) is 0 Å². The van der Waals surface area contributed by atoms with Crippen LogP contribution in [-0.2, 0) is 0 Å². The van der Waals surface area contributed by atoms with Gasteiger partial charge in [0, 0.05) is 0 Å². The number of aliphatic hydroxyl groups excluding tert-OH is 1. The van der Waals surface area contributed by atoms with E-state index in [1.165, 1.54) is 25.7 Å². The summed E-state index contributed by atoms with van der Waals surface area (Å²) in [6, 6.07) is 0. The third-order valence-electron chi connectivity index (χ3n) is 3.43.